The Labute approximate surface area is 123 Å². The van der Waals surface area contributed by atoms with Gasteiger partial charge in [0.15, 0.2) is 0 Å². The van der Waals surface area contributed by atoms with Gasteiger partial charge in [0, 0.05) is 23.9 Å². The summed E-state index contributed by atoms with van der Waals surface area (Å²) in [4.78, 5) is 12.4. The minimum atomic E-state index is -0.323. The Kier molecular flexibility index (Phi) is 3.49. The molecule has 0 fully saturated rings. The maximum absolute atomic E-state index is 13.1. The van der Waals surface area contributed by atoms with Crippen molar-refractivity contribution in [2.45, 2.75) is 32.2 Å². The number of nitrogens with one attached hydrogen (secondary N) is 1. The molecule has 0 spiro atoms. The lowest BCUT2D eigenvalue weighted by Gasteiger charge is -2.24. The van der Waals surface area contributed by atoms with Gasteiger partial charge in [-0.25, -0.2) is 4.39 Å². The lowest BCUT2D eigenvalue weighted by molar-refractivity contribution is 0.0932. The summed E-state index contributed by atoms with van der Waals surface area (Å²) in [6, 6.07) is 4.22. The predicted octanol–water partition coefficient (Wildman–Crippen LogP) is 2.68. The van der Waals surface area contributed by atoms with Crippen molar-refractivity contribution in [2.24, 2.45) is 7.05 Å². The van der Waals surface area contributed by atoms with Crippen LogP contribution in [0, 0.1) is 12.7 Å². The maximum Gasteiger partial charge on any atom is 0.252 e. The van der Waals surface area contributed by atoms with E-state index in [1.807, 2.05) is 17.9 Å². The molecule has 3 rings (SSSR count). The van der Waals surface area contributed by atoms with Gasteiger partial charge < -0.3 is 5.32 Å². The quantitative estimate of drug-likeness (QED) is 0.923. The number of nitrogens with zero attached hydrogens (tertiary/aromatic N) is 2. The van der Waals surface area contributed by atoms with E-state index in [2.05, 4.69) is 10.4 Å². The molecule has 1 aromatic heterocycles. The van der Waals surface area contributed by atoms with Crippen molar-refractivity contribution in [1.82, 2.24) is 15.1 Å². The molecule has 1 unspecified atom stereocenters. The highest BCUT2D eigenvalue weighted by molar-refractivity contribution is 5.95. The number of rotatable bonds is 2. The molecule has 0 saturated heterocycles. The number of carbonyl (C=O) groups is 1. The third-order valence-corrected chi connectivity index (χ3v) is 4.11. The first-order valence-corrected chi connectivity index (χ1v) is 7.14. The van der Waals surface area contributed by atoms with Crippen LogP contribution in [-0.2, 0) is 13.5 Å². The van der Waals surface area contributed by atoms with Crippen molar-refractivity contribution < 1.29 is 9.18 Å². The predicted molar refractivity (Wildman–Crippen MR) is 77.5 cm³/mol. The van der Waals surface area contributed by atoms with Gasteiger partial charge in [-0.15, -0.1) is 0 Å². The van der Waals surface area contributed by atoms with E-state index in [0.717, 1.165) is 24.8 Å². The molecule has 1 atom stereocenters. The van der Waals surface area contributed by atoms with E-state index in [1.165, 1.54) is 23.9 Å². The van der Waals surface area contributed by atoms with E-state index in [4.69, 9.17) is 0 Å². The Hall–Kier alpha value is -2.17. The van der Waals surface area contributed by atoms with E-state index >= 15 is 0 Å². The monoisotopic (exact) mass is 287 g/mol. The van der Waals surface area contributed by atoms with Crippen molar-refractivity contribution in [3.05, 3.63) is 52.6 Å². The van der Waals surface area contributed by atoms with Gasteiger partial charge in [-0.3, -0.25) is 9.48 Å². The molecule has 5 heteroatoms. The van der Waals surface area contributed by atoms with Crippen LogP contribution >= 0.6 is 0 Å². The lowest BCUT2D eigenvalue weighted by atomic mass is 9.92. The van der Waals surface area contributed by atoms with Crippen molar-refractivity contribution in [3.8, 4) is 0 Å². The summed E-state index contributed by atoms with van der Waals surface area (Å²) >= 11 is 0. The molecule has 1 aromatic carbocycles. The summed E-state index contributed by atoms with van der Waals surface area (Å²) in [5, 5.41) is 7.32. The Morgan fingerprint density at radius 1 is 1.48 bits per heavy atom. The Bertz CT molecular complexity index is 693. The van der Waals surface area contributed by atoms with Crippen LogP contribution in [0.4, 0.5) is 4.39 Å². The minimum absolute atomic E-state index is 0.0144. The van der Waals surface area contributed by atoms with Crippen molar-refractivity contribution >= 4 is 5.91 Å². The number of fused-ring (bicyclic) bond motifs is 1. The zero-order valence-electron chi connectivity index (χ0n) is 12.2. The molecule has 2 aromatic rings. The Morgan fingerprint density at radius 3 is 3.05 bits per heavy atom. The van der Waals surface area contributed by atoms with Crippen LogP contribution < -0.4 is 5.32 Å². The number of aryl methyl sites for hydroxylation is 2. The fraction of sp³-hybridized carbons (Fsp3) is 0.375. The maximum atomic E-state index is 13.1. The number of halogens is 1. The second-order valence-corrected chi connectivity index (χ2v) is 5.55. The topological polar surface area (TPSA) is 46.9 Å². The van der Waals surface area contributed by atoms with E-state index in [-0.39, 0.29) is 17.8 Å². The number of amides is 1. The molecule has 1 aliphatic rings. The molecule has 110 valence electrons. The molecule has 1 aliphatic carbocycles. The second kappa shape index (κ2) is 5.31. The zero-order chi connectivity index (χ0) is 15.0. The highest BCUT2D eigenvalue weighted by Crippen LogP contribution is 2.29. The van der Waals surface area contributed by atoms with E-state index in [0.29, 0.717) is 11.1 Å². The van der Waals surface area contributed by atoms with Crippen LogP contribution in [0.2, 0.25) is 0 Å². The third kappa shape index (κ3) is 2.55. The largest absolute Gasteiger partial charge is 0.345 e. The van der Waals surface area contributed by atoms with Gasteiger partial charge in [-0.05, 0) is 49.9 Å². The molecule has 0 bridgehead atoms. The molecule has 0 saturated carbocycles. The molecule has 1 amide bonds. The first kappa shape index (κ1) is 13.8. The zero-order valence-corrected chi connectivity index (χ0v) is 12.2. The van der Waals surface area contributed by atoms with Crippen LogP contribution in [0.1, 0.15) is 46.1 Å². The van der Waals surface area contributed by atoms with Crippen molar-refractivity contribution in [2.75, 3.05) is 0 Å². The summed E-state index contributed by atoms with van der Waals surface area (Å²) in [6.07, 6.45) is 4.76. The van der Waals surface area contributed by atoms with E-state index in [9.17, 15) is 9.18 Å². The van der Waals surface area contributed by atoms with E-state index < -0.39 is 0 Å². The summed E-state index contributed by atoms with van der Waals surface area (Å²) in [5.41, 5.74) is 3.45. The fourth-order valence-corrected chi connectivity index (χ4v) is 2.97. The van der Waals surface area contributed by atoms with Gasteiger partial charge in [-0.2, -0.15) is 5.10 Å². The van der Waals surface area contributed by atoms with Gasteiger partial charge in [0.05, 0.1) is 12.2 Å². The SMILES string of the molecule is Cc1cc(F)ccc1C(=O)NC1CCCc2c1cnn2C. The first-order valence-electron chi connectivity index (χ1n) is 7.14. The second-order valence-electron chi connectivity index (χ2n) is 5.55. The molecule has 1 N–H and O–H groups in total. The molecule has 1 heterocycles. The van der Waals surface area contributed by atoms with Gasteiger partial charge in [-0.1, -0.05) is 0 Å². The molecule has 0 aliphatic heterocycles. The summed E-state index contributed by atoms with van der Waals surface area (Å²) in [5.74, 6) is -0.481. The summed E-state index contributed by atoms with van der Waals surface area (Å²) in [7, 11) is 1.92. The Balaban J connectivity index is 1.82. The molecule has 4 nitrogen and oxygen atoms in total. The summed E-state index contributed by atoms with van der Waals surface area (Å²) in [6.45, 7) is 1.74. The third-order valence-electron chi connectivity index (χ3n) is 4.11. The fourth-order valence-electron chi connectivity index (χ4n) is 2.97. The number of hydrogen-bond donors (Lipinski definition) is 1. The van der Waals surface area contributed by atoms with Gasteiger partial charge in [0.2, 0.25) is 0 Å². The number of hydrogen-bond acceptors (Lipinski definition) is 2. The van der Waals surface area contributed by atoms with Crippen molar-refractivity contribution in [3.63, 3.8) is 0 Å². The standard InChI is InChI=1S/C16H18FN3O/c1-10-8-11(17)6-7-12(10)16(21)19-14-4-3-5-15-13(14)9-18-20(15)2/h6-9,14H,3-5H2,1-2H3,(H,19,21). The van der Waals surface area contributed by atoms with Crippen LogP contribution in [0.25, 0.3) is 0 Å². The smallest absolute Gasteiger partial charge is 0.252 e. The molecular formula is C16H18FN3O. The average Bonchev–Trinajstić information content (AvgIpc) is 2.81. The lowest BCUT2D eigenvalue weighted by Crippen LogP contribution is -2.31. The van der Waals surface area contributed by atoms with Crippen LogP contribution in [0.15, 0.2) is 24.4 Å². The minimum Gasteiger partial charge on any atom is -0.345 e. The normalized spacial score (nSPS) is 17.4. The number of carbonyl (C=O) groups excluding carboxylic acids is 1. The number of aromatic nitrogens is 2. The number of benzene rings is 1. The Morgan fingerprint density at radius 2 is 2.29 bits per heavy atom. The molecule has 0 radical (unpaired) electrons. The highest BCUT2D eigenvalue weighted by atomic mass is 19.1. The molecule has 21 heavy (non-hydrogen) atoms. The van der Waals surface area contributed by atoms with Gasteiger partial charge in [0.25, 0.3) is 5.91 Å². The van der Waals surface area contributed by atoms with Crippen LogP contribution in [-0.4, -0.2) is 15.7 Å². The van der Waals surface area contributed by atoms with Gasteiger partial charge >= 0.3 is 0 Å². The van der Waals surface area contributed by atoms with Gasteiger partial charge in [0.1, 0.15) is 5.82 Å². The van der Waals surface area contributed by atoms with Crippen molar-refractivity contribution in [1.29, 1.82) is 0 Å². The van der Waals surface area contributed by atoms with Crippen LogP contribution in [0.5, 0.6) is 0 Å². The average molecular weight is 287 g/mol. The van der Waals surface area contributed by atoms with E-state index in [1.54, 1.807) is 6.92 Å². The summed E-state index contributed by atoms with van der Waals surface area (Å²) < 4.78 is 15.0. The molecular weight excluding hydrogens is 269 g/mol. The van der Waals surface area contributed by atoms with Crippen LogP contribution in [0.3, 0.4) is 0 Å². The highest BCUT2D eigenvalue weighted by Gasteiger charge is 2.25. The first-order chi connectivity index (χ1) is 10.1.